The summed E-state index contributed by atoms with van der Waals surface area (Å²) in [5.41, 5.74) is 4.95. The topological polar surface area (TPSA) is 25.8 Å². The number of aromatic nitrogens is 2. The molecule has 0 spiro atoms. The van der Waals surface area contributed by atoms with Gasteiger partial charge in [-0.05, 0) is 34.2 Å². The van der Waals surface area contributed by atoms with Gasteiger partial charge in [-0.1, -0.05) is 80.8 Å². The van der Waals surface area contributed by atoms with Crippen molar-refractivity contribution in [2.45, 2.75) is 26.2 Å². The van der Waals surface area contributed by atoms with Crippen LogP contribution in [0.1, 0.15) is 26.3 Å². The quantitative estimate of drug-likeness (QED) is 0.188. The Morgan fingerprint density at radius 3 is 2.00 bits per heavy atom. The van der Waals surface area contributed by atoms with E-state index in [4.69, 9.17) is 9.97 Å². The van der Waals surface area contributed by atoms with E-state index in [-0.39, 0.29) is 5.41 Å². The number of rotatable bonds is 2. The van der Waals surface area contributed by atoms with Crippen molar-refractivity contribution < 1.29 is 18.8 Å². The summed E-state index contributed by atoms with van der Waals surface area (Å²) >= 11 is 1.61. The van der Waals surface area contributed by atoms with Gasteiger partial charge < -0.3 is 0 Å². The number of hydrogen-bond donors (Lipinski definition) is 0. The number of hydrogen-bond acceptors (Lipinski definition) is 2. The Hall–Kier alpha value is -2.54. The van der Waals surface area contributed by atoms with Gasteiger partial charge in [0.25, 0.3) is 0 Å². The Bertz CT molecular complexity index is 1290. The van der Waals surface area contributed by atoms with E-state index in [2.05, 4.69) is 103 Å². The maximum absolute atomic E-state index is 5.01. The van der Waals surface area contributed by atoms with Crippen molar-refractivity contribution in [2.24, 2.45) is 0 Å². The van der Waals surface area contributed by atoms with Gasteiger partial charge in [-0.3, -0.25) is 9.97 Å². The van der Waals surface area contributed by atoms with E-state index >= 15 is 0 Å². The zero-order valence-electron chi connectivity index (χ0n) is 18.2. The molecule has 5 rings (SSSR count). The summed E-state index contributed by atoms with van der Waals surface area (Å²) in [7, 11) is 4.61. The van der Waals surface area contributed by atoms with Crippen LogP contribution >= 0.6 is 9.42 Å². The zero-order valence-corrected chi connectivity index (χ0v) is 21.2. The fraction of sp³-hybridized carbons (Fsp3) is 0.143. The maximum atomic E-state index is 5.01. The monoisotopic (exact) mass is 617 g/mol. The fourth-order valence-electron chi connectivity index (χ4n) is 3.73. The van der Waals surface area contributed by atoms with Crippen molar-refractivity contribution in [1.29, 1.82) is 0 Å². The molecule has 0 unspecified atom stereocenters. The minimum atomic E-state index is 0.000136. The van der Waals surface area contributed by atoms with E-state index in [1.807, 2.05) is 18.3 Å². The molecule has 0 saturated heterocycles. The number of halogens is 1. The Morgan fingerprint density at radius 2 is 1.31 bits per heavy atom. The number of benzene rings is 3. The predicted molar refractivity (Wildman–Crippen MR) is 131 cm³/mol. The van der Waals surface area contributed by atoms with Crippen LogP contribution in [0.15, 0.2) is 85.1 Å². The molecule has 0 bridgehead atoms. The molecule has 0 atom stereocenters. The van der Waals surface area contributed by atoms with E-state index in [1.165, 1.54) is 21.7 Å². The van der Waals surface area contributed by atoms with E-state index < -0.39 is 0 Å². The van der Waals surface area contributed by atoms with Crippen molar-refractivity contribution >= 4 is 31.0 Å². The molecule has 3 aromatic carbocycles. The molecule has 32 heavy (non-hydrogen) atoms. The second kappa shape index (κ2) is 9.53. The Morgan fingerprint density at radius 1 is 0.719 bits per heavy atom. The molecule has 0 aliphatic rings. The van der Waals surface area contributed by atoms with Gasteiger partial charge >= 0.3 is 28.2 Å². The van der Waals surface area contributed by atoms with Gasteiger partial charge in [0.1, 0.15) is 0 Å². The van der Waals surface area contributed by atoms with E-state index in [9.17, 15) is 0 Å². The van der Waals surface area contributed by atoms with Gasteiger partial charge in [-0.15, -0.1) is 29.1 Å². The summed E-state index contributed by atoms with van der Waals surface area (Å²) in [6.45, 7) is 6.69. The summed E-state index contributed by atoms with van der Waals surface area (Å²) in [4.78, 5) is 9.72. The molecule has 0 fully saturated rings. The minimum absolute atomic E-state index is 0.000136. The molecule has 0 amide bonds. The fourth-order valence-corrected chi connectivity index (χ4v) is 3.73. The molecule has 0 aliphatic heterocycles. The molecule has 0 N–H and O–H groups in total. The van der Waals surface area contributed by atoms with Crippen LogP contribution in [0.4, 0.5) is 0 Å². The Balaban J connectivity index is 0.00000119. The van der Waals surface area contributed by atoms with Crippen LogP contribution in [0, 0.1) is 6.07 Å². The van der Waals surface area contributed by atoms with Crippen LogP contribution in [-0.4, -0.2) is 9.97 Å². The third-order valence-corrected chi connectivity index (χ3v) is 5.54. The third-order valence-electron chi connectivity index (χ3n) is 5.54. The predicted octanol–water partition coefficient (Wildman–Crippen LogP) is 7.90. The first-order valence-corrected chi connectivity index (χ1v) is 13.2. The van der Waals surface area contributed by atoms with Crippen molar-refractivity contribution in [3.63, 3.8) is 0 Å². The van der Waals surface area contributed by atoms with Crippen LogP contribution in [0.5, 0.6) is 0 Å². The standard InChI is InChI=1S/C28H23N2.ClH.Pt/c1-28(2,3)24-16-25(22-13-12-19-8-4-5-9-20(19)14-22)30-27(17-24)26-15-21-10-6-7-11-23(21)18-29-26;;/h4-12,14-18H,1-3H3;1H;/q-1;;+2/p-1. The van der Waals surface area contributed by atoms with Crippen LogP contribution in [0.25, 0.3) is 44.2 Å². The van der Waals surface area contributed by atoms with Crippen molar-refractivity contribution in [2.75, 3.05) is 0 Å². The third kappa shape index (κ3) is 4.77. The second-order valence-corrected chi connectivity index (χ2v) is 8.77. The number of nitrogens with zero attached hydrogens (tertiary/aromatic N) is 2. The number of fused-ring (bicyclic) bond motifs is 2. The molecule has 2 aromatic heterocycles. The molecule has 2 heterocycles. The van der Waals surface area contributed by atoms with Gasteiger partial charge in [0.15, 0.2) is 0 Å². The second-order valence-electron chi connectivity index (χ2n) is 8.77. The van der Waals surface area contributed by atoms with E-state index in [0.717, 1.165) is 28.0 Å². The zero-order chi connectivity index (χ0) is 22.7. The van der Waals surface area contributed by atoms with E-state index in [1.54, 1.807) is 18.8 Å². The van der Waals surface area contributed by atoms with Crippen LogP contribution in [0.3, 0.4) is 0 Å². The summed E-state index contributed by atoms with van der Waals surface area (Å²) in [6, 6.07) is 30.8. The van der Waals surface area contributed by atoms with Gasteiger partial charge in [0.05, 0.1) is 11.4 Å². The Kier molecular flexibility index (Phi) is 6.74. The average Bonchev–Trinajstić information content (AvgIpc) is 2.84. The summed E-state index contributed by atoms with van der Waals surface area (Å²) in [5, 5.41) is 4.69. The molecular formula is C28H23ClN2Pt. The first-order valence-electron chi connectivity index (χ1n) is 10.4. The first kappa shape index (κ1) is 22.6. The summed E-state index contributed by atoms with van der Waals surface area (Å²) < 4.78 is 0. The molecule has 0 aliphatic carbocycles. The van der Waals surface area contributed by atoms with Crippen molar-refractivity contribution in [3.05, 3.63) is 96.7 Å². The normalized spacial score (nSPS) is 11.3. The Labute approximate surface area is 204 Å². The molecule has 2 nitrogen and oxygen atoms in total. The van der Waals surface area contributed by atoms with Crippen LogP contribution in [-0.2, 0) is 24.2 Å². The summed E-state index contributed by atoms with van der Waals surface area (Å²) in [6.07, 6.45) is 1.93. The van der Waals surface area contributed by atoms with E-state index in [0.29, 0.717) is 0 Å². The summed E-state index contributed by atoms with van der Waals surface area (Å²) in [5.74, 6) is 0. The molecule has 162 valence electrons. The van der Waals surface area contributed by atoms with Gasteiger partial charge in [0, 0.05) is 11.6 Å². The van der Waals surface area contributed by atoms with Gasteiger partial charge in [0.2, 0.25) is 0 Å². The first-order chi connectivity index (χ1) is 15.5. The molecular weight excluding hydrogens is 595 g/mol. The average molecular weight is 618 g/mol. The SMILES string of the molecule is CC(C)(C)c1cc(-c2[c-]cc3ccccc3c2)nc(-c2cc3ccccc3cn2)c1.[Cl][Pt+]. The van der Waals surface area contributed by atoms with Crippen LogP contribution in [0.2, 0.25) is 0 Å². The molecule has 0 saturated carbocycles. The van der Waals surface area contributed by atoms with Gasteiger partial charge in [-0.2, -0.15) is 0 Å². The number of pyridine rings is 2. The molecule has 5 aromatic rings. The molecule has 4 heteroatoms. The van der Waals surface area contributed by atoms with Crippen molar-refractivity contribution in [1.82, 2.24) is 9.97 Å². The molecule has 0 radical (unpaired) electrons. The van der Waals surface area contributed by atoms with Crippen molar-refractivity contribution in [3.8, 4) is 22.6 Å². The van der Waals surface area contributed by atoms with Gasteiger partial charge in [-0.25, -0.2) is 0 Å². The van der Waals surface area contributed by atoms with Crippen LogP contribution < -0.4 is 0 Å².